The Balaban J connectivity index is 1.52. The number of hydrazone groups is 1. The first-order chi connectivity index (χ1) is 16.5. The molecule has 0 radical (unpaired) electrons. The van der Waals surface area contributed by atoms with Gasteiger partial charge in [0.05, 0.1) is 19.1 Å². The summed E-state index contributed by atoms with van der Waals surface area (Å²) in [6, 6.07) is 21.5. The van der Waals surface area contributed by atoms with Crippen LogP contribution < -0.4 is 10.2 Å². The topological polar surface area (TPSA) is 81.4 Å². The molecule has 0 aliphatic rings. The number of aromatic nitrogens is 3. The molecule has 0 aliphatic heterocycles. The van der Waals surface area contributed by atoms with Crippen molar-refractivity contribution in [3.63, 3.8) is 0 Å². The lowest BCUT2D eigenvalue weighted by atomic mass is 10.1. The number of thioether (sulfide) groups is 1. The summed E-state index contributed by atoms with van der Waals surface area (Å²) >= 11 is 1.24. The van der Waals surface area contributed by atoms with E-state index in [1.54, 1.807) is 19.2 Å². The van der Waals surface area contributed by atoms with Gasteiger partial charge in [0.2, 0.25) is 0 Å². The quantitative estimate of drug-likeness (QED) is 0.228. The highest BCUT2D eigenvalue weighted by molar-refractivity contribution is 7.99. The van der Waals surface area contributed by atoms with E-state index in [9.17, 15) is 9.18 Å². The fourth-order valence-electron chi connectivity index (χ4n) is 3.15. The van der Waals surface area contributed by atoms with Gasteiger partial charge in [-0.1, -0.05) is 53.7 Å². The maximum atomic E-state index is 13.3. The molecule has 1 amide bonds. The van der Waals surface area contributed by atoms with Crippen molar-refractivity contribution in [3.05, 3.63) is 89.7 Å². The molecular formula is C25H22FN5O2S. The van der Waals surface area contributed by atoms with Gasteiger partial charge in [-0.3, -0.25) is 9.36 Å². The Hall–Kier alpha value is -3.98. The molecule has 0 bridgehead atoms. The number of benzene rings is 3. The largest absolute Gasteiger partial charge is 0.497 e. The van der Waals surface area contributed by atoms with Gasteiger partial charge >= 0.3 is 0 Å². The van der Waals surface area contributed by atoms with Crippen LogP contribution in [0.3, 0.4) is 0 Å². The summed E-state index contributed by atoms with van der Waals surface area (Å²) in [5.74, 6) is 0.783. The molecular weight excluding hydrogens is 453 g/mol. The number of rotatable bonds is 8. The number of carbonyl (C=O) groups is 1. The van der Waals surface area contributed by atoms with E-state index in [1.165, 1.54) is 30.1 Å². The van der Waals surface area contributed by atoms with Crippen LogP contribution in [0.1, 0.15) is 11.1 Å². The van der Waals surface area contributed by atoms with Gasteiger partial charge in [-0.2, -0.15) is 5.10 Å². The summed E-state index contributed by atoms with van der Waals surface area (Å²) < 4.78 is 20.4. The first-order valence-electron chi connectivity index (χ1n) is 10.4. The maximum absolute atomic E-state index is 13.3. The van der Waals surface area contributed by atoms with E-state index in [2.05, 4.69) is 20.7 Å². The number of hydrogen-bond donors (Lipinski definition) is 1. The van der Waals surface area contributed by atoms with E-state index >= 15 is 0 Å². The minimum atomic E-state index is -0.368. The lowest BCUT2D eigenvalue weighted by Gasteiger charge is -2.11. The molecule has 1 heterocycles. The van der Waals surface area contributed by atoms with Crippen molar-refractivity contribution in [3.8, 4) is 22.8 Å². The summed E-state index contributed by atoms with van der Waals surface area (Å²) in [5, 5.41) is 13.2. The number of aryl methyl sites for hydroxylation is 1. The molecule has 34 heavy (non-hydrogen) atoms. The van der Waals surface area contributed by atoms with Gasteiger partial charge in [0.1, 0.15) is 11.6 Å². The molecule has 0 saturated carbocycles. The van der Waals surface area contributed by atoms with Crippen molar-refractivity contribution >= 4 is 23.9 Å². The first-order valence-corrected chi connectivity index (χ1v) is 11.4. The molecule has 0 unspecified atom stereocenters. The Morgan fingerprint density at radius 2 is 1.88 bits per heavy atom. The number of amides is 1. The van der Waals surface area contributed by atoms with E-state index in [1.807, 2.05) is 60.0 Å². The third kappa shape index (κ3) is 5.68. The highest BCUT2D eigenvalue weighted by Crippen LogP contribution is 2.29. The zero-order valence-corrected chi connectivity index (χ0v) is 19.4. The van der Waals surface area contributed by atoms with Crippen LogP contribution in [-0.4, -0.2) is 39.7 Å². The fourth-order valence-corrected chi connectivity index (χ4v) is 3.89. The van der Waals surface area contributed by atoms with Crippen LogP contribution in [0.25, 0.3) is 17.1 Å². The minimum Gasteiger partial charge on any atom is -0.497 e. The minimum absolute atomic E-state index is 0.0721. The molecule has 172 valence electrons. The van der Waals surface area contributed by atoms with Gasteiger partial charge in [-0.15, -0.1) is 10.2 Å². The second kappa shape index (κ2) is 10.8. The number of nitrogens with zero attached hydrogens (tertiary/aromatic N) is 4. The predicted molar refractivity (Wildman–Crippen MR) is 131 cm³/mol. The number of methoxy groups -OCH3 is 1. The van der Waals surface area contributed by atoms with Crippen LogP contribution in [0.15, 0.2) is 83.1 Å². The first kappa shape index (κ1) is 23.2. The van der Waals surface area contributed by atoms with Crippen LogP contribution in [-0.2, 0) is 4.79 Å². The standard InChI is InChI=1S/C25H22FN5O2S/c1-17-6-8-19(9-7-17)24-29-30-25(31(24)21-10-12-22(33-2)13-11-21)34-16-23(32)28-27-15-18-4-3-5-20(26)14-18/h3-15H,16H2,1-2H3,(H,28,32)/b27-15+. The van der Waals surface area contributed by atoms with Gasteiger partial charge in [0.15, 0.2) is 11.0 Å². The second-order valence-corrected chi connectivity index (χ2v) is 8.28. The van der Waals surface area contributed by atoms with Crippen LogP contribution in [0.2, 0.25) is 0 Å². The average molecular weight is 476 g/mol. The van der Waals surface area contributed by atoms with Crippen molar-refractivity contribution in [1.82, 2.24) is 20.2 Å². The highest BCUT2D eigenvalue weighted by Gasteiger charge is 2.17. The number of carbonyl (C=O) groups excluding carboxylic acids is 1. The number of halogens is 1. The Morgan fingerprint density at radius 1 is 1.12 bits per heavy atom. The Morgan fingerprint density at radius 3 is 2.59 bits per heavy atom. The third-order valence-corrected chi connectivity index (χ3v) is 5.79. The van der Waals surface area contributed by atoms with Crippen LogP contribution in [0.5, 0.6) is 5.75 Å². The SMILES string of the molecule is COc1ccc(-n2c(SCC(=O)N/N=C/c3cccc(F)c3)nnc2-c2ccc(C)cc2)cc1. The molecule has 0 atom stereocenters. The van der Waals surface area contributed by atoms with Crippen molar-refractivity contribution in [2.75, 3.05) is 12.9 Å². The second-order valence-electron chi connectivity index (χ2n) is 7.34. The molecule has 9 heteroatoms. The summed E-state index contributed by atoms with van der Waals surface area (Å²) in [4.78, 5) is 12.3. The van der Waals surface area contributed by atoms with Crippen LogP contribution >= 0.6 is 11.8 Å². The Bertz CT molecular complexity index is 1300. The monoisotopic (exact) mass is 475 g/mol. The molecule has 0 saturated heterocycles. The molecule has 7 nitrogen and oxygen atoms in total. The molecule has 0 fully saturated rings. The van der Waals surface area contributed by atoms with E-state index in [4.69, 9.17) is 4.74 Å². The molecule has 3 aromatic carbocycles. The summed E-state index contributed by atoms with van der Waals surface area (Å²) in [5.41, 5.74) is 5.90. The lowest BCUT2D eigenvalue weighted by molar-refractivity contribution is -0.118. The van der Waals surface area contributed by atoms with Crippen LogP contribution in [0, 0.1) is 12.7 Å². The molecule has 4 rings (SSSR count). The normalized spacial score (nSPS) is 11.0. The molecule has 0 spiro atoms. The number of hydrogen-bond acceptors (Lipinski definition) is 6. The summed E-state index contributed by atoms with van der Waals surface area (Å²) in [7, 11) is 1.61. The van der Waals surface area contributed by atoms with Crippen molar-refractivity contribution in [1.29, 1.82) is 0 Å². The van der Waals surface area contributed by atoms with E-state index in [0.29, 0.717) is 16.5 Å². The van der Waals surface area contributed by atoms with Gasteiger partial charge < -0.3 is 4.74 Å². The van der Waals surface area contributed by atoms with E-state index in [-0.39, 0.29) is 17.5 Å². The Kier molecular flexibility index (Phi) is 7.34. The molecule has 4 aromatic rings. The van der Waals surface area contributed by atoms with Gasteiger partial charge in [-0.05, 0) is 48.9 Å². The van der Waals surface area contributed by atoms with Crippen molar-refractivity contribution in [2.24, 2.45) is 5.10 Å². The van der Waals surface area contributed by atoms with Gasteiger partial charge in [0.25, 0.3) is 5.91 Å². The highest BCUT2D eigenvalue weighted by atomic mass is 32.2. The van der Waals surface area contributed by atoms with E-state index < -0.39 is 0 Å². The molecule has 1 N–H and O–H groups in total. The number of ether oxygens (including phenoxy) is 1. The number of nitrogens with one attached hydrogen (secondary N) is 1. The molecule has 1 aromatic heterocycles. The lowest BCUT2D eigenvalue weighted by Crippen LogP contribution is -2.20. The van der Waals surface area contributed by atoms with Crippen LogP contribution in [0.4, 0.5) is 4.39 Å². The summed E-state index contributed by atoms with van der Waals surface area (Å²) in [6.07, 6.45) is 1.39. The van der Waals surface area contributed by atoms with Gasteiger partial charge in [0, 0.05) is 11.3 Å². The Labute approximate surface area is 200 Å². The van der Waals surface area contributed by atoms with Gasteiger partial charge in [-0.25, -0.2) is 9.82 Å². The third-order valence-electron chi connectivity index (χ3n) is 4.86. The fraction of sp³-hybridized carbons (Fsp3) is 0.120. The van der Waals surface area contributed by atoms with Crippen molar-refractivity contribution in [2.45, 2.75) is 12.1 Å². The molecule has 0 aliphatic carbocycles. The zero-order valence-electron chi connectivity index (χ0n) is 18.6. The zero-order chi connectivity index (χ0) is 23.9. The smallest absolute Gasteiger partial charge is 0.250 e. The predicted octanol–water partition coefficient (Wildman–Crippen LogP) is 4.63. The van der Waals surface area contributed by atoms with E-state index in [0.717, 1.165) is 22.6 Å². The average Bonchev–Trinajstić information content (AvgIpc) is 3.27. The summed E-state index contributed by atoms with van der Waals surface area (Å²) in [6.45, 7) is 2.02. The maximum Gasteiger partial charge on any atom is 0.250 e. The van der Waals surface area contributed by atoms with Crippen molar-refractivity contribution < 1.29 is 13.9 Å².